The highest BCUT2D eigenvalue weighted by Crippen LogP contribution is 2.37. The number of hydrogen-bond donors (Lipinski definition) is 1. The molecule has 0 saturated carbocycles. The van der Waals surface area contributed by atoms with Gasteiger partial charge in [-0.3, -0.25) is 19.7 Å². The highest BCUT2D eigenvalue weighted by Gasteiger charge is 2.42. The quantitative estimate of drug-likeness (QED) is 0.562. The number of nitro benzene ring substituents is 1. The fourth-order valence-corrected chi connectivity index (χ4v) is 3.16. The molecule has 0 fully saturated rings. The van der Waals surface area contributed by atoms with Crippen molar-refractivity contribution in [3.8, 4) is 0 Å². The summed E-state index contributed by atoms with van der Waals surface area (Å²) in [6.07, 6.45) is 0. The van der Waals surface area contributed by atoms with Crippen LogP contribution in [0.2, 0.25) is 0 Å². The minimum Gasteiger partial charge on any atom is -0.503 e. The zero-order valence-electron chi connectivity index (χ0n) is 15.1. The molecule has 1 aromatic carbocycles. The summed E-state index contributed by atoms with van der Waals surface area (Å²) in [4.78, 5) is 38.5. The van der Waals surface area contributed by atoms with E-state index in [1.54, 1.807) is 0 Å². The zero-order chi connectivity index (χ0) is 19.4. The van der Waals surface area contributed by atoms with Crippen molar-refractivity contribution in [3.05, 3.63) is 51.3 Å². The molecule has 2 rings (SSSR count). The van der Waals surface area contributed by atoms with E-state index in [4.69, 9.17) is 0 Å². The monoisotopic (exact) mass is 361 g/mol. The molecule has 1 heterocycles. The van der Waals surface area contributed by atoms with Crippen LogP contribution in [-0.4, -0.2) is 57.7 Å². The molecule has 1 amide bonds. The molecular formula is C18H23N3O5. The Labute approximate surface area is 151 Å². The van der Waals surface area contributed by atoms with Crippen molar-refractivity contribution in [2.45, 2.75) is 26.8 Å². The average molecular weight is 361 g/mol. The van der Waals surface area contributed by atoms with E-state index >= 15 is 0 Å². The van der Waals surface area contributed by atoms with Gasteiger partial charge in [-0.25, -0.2) is 0 Å². The van der Waals surface area contributed by atoms with Gasteiger partial charge in [-0.05, 0) is 37.7 Å². The Kier molecular flexibility index (Phi) is 6.10. The van der Waals surface area contributed by atoms with Gasteiger partial charge in [0.1, 0.15) is 0 Å². The molecule has 0 spiro atoms. The Bertz CT molecular complexity index is 738. The van der Waals surface area contributed by atoms with Crippen LogP contribution in [0.5, 0.6) is 0 Å². The zero-order valence-corrected chi connectivity index (χ0v) is 15.1. The lowest BCUT2D eigenvalue weighted by molar-refractivity contribution is -0.384. The number of nitrogens with zero attached hydrogens (tertiary/aromatic N) is 3. The number of carbonyl (C=O) groups excluding carboxylic acids is 2. The second kappa shape index (κ2) is 8.09. The second-order valence-corrected chi connectivity index (χ2v) is 6.10. The number of hydrogen-bond acceptors (Lipinski definition) is 6. The van der Waals surface area contributed by atoms with Gasteiger partial charge in [0.05, 0.1) is 16.5 Å². The van der Waals surface area contributed by atoms with Gasteiger partial charge in [0.2, 0.25) is 0 Å². The van der Waals surface area contributed by atoms with Crippen LogP contribution in [0.25, 0.3) is 0 Å². The molecule has 8 nitrogen and oxygen atoms in total. The number of aliphatic hydroxyl groups is 1. The molecule has 0 aromatic heterocycles. The molecule has 26 heavy (non-hydrogen) atoms. The molecule has 140 valence electrons. The summed E-state index contributed by atoms with van der Waals surface area (Å²) in [5, 5.41) is 21.0. The predicted molar refractivity (Wildman–Crippen MR) is 95.7 cm³/mol. The highest BCUT2D eigenvalue weighted by atomic mass is 16.6. The van der Waals surface area contributed by atoms with Crippen molar-refractivity contribution >= 4 is 17.4 Å². The first-order chi connectivity index (χ1) is 12.3. The number of ketones is 1. The number of nitro groups is 1. The highest BCUT2D eigenvalue weighted by molar-refractivity contribution is 6.08. The van der Waals surface area contributed by atoms with Gasteiger partial charge < -0.3 is 14.9 Å². The van der Waals surface area contributed by atoms with Crippen molar-refractivity contribution in [1.29, 1.82) is 0 Å². The third-order valence-corrected chi connectivity index (χ3v) is 4.65. The van der Waals surface area contributed by atoms with E-state index < -0.39 is 28.4 Å². The maximum atomic E-state index is 12.5. The Morgan fingerprint density at radius 1 is 1.27 bits per heavy atom. The lowest BCUT2D eigenvalue weighted by Crippen LogP contribution is -2.38. The van der Waals surface area contributed by atoms with Crippen molar-refractivity contribution in [1.82, 2.24) is 9.80 Å². The van der Waals surface area contributed by atoms with Crippen molar-refractivity contribution < 1.29 is 19.6 Å². The molecule has 1 aromatic rings. The number of aliphatic hydroxyl groups excluding tert-OH is 1. The summed E-state index contributed by atoms with van der Waals surface area (Å²) >= 11 is 0. The molecule has 0 unspecified atom stereocenters. The second-order valence-electron chi connectivity index (χ2n) is 6.10. The summed E-state index contributed by atoms with van der Waals surface area (Å²) in [5.41, 5.74) is 0.506. The topological polar surface area (TPSA) is 104 Å². The maximum absolute atomic E-state index is 12.5. The van der Waals surface area contributed by atoms with Gasteiger partial charge in [0, 0.05) is 25.2 Å². The minimum atomic E-state index is -0.739. The number of Topliss-reactive ketones (excluding diaryl/α,β-unsaturated/α-hetero) is 1. The van der Waals surface area contributed by atoms with E-state index in [9.17, 15) is 24.8 Å². The van der Waals surface area contributed by atoms with Gasteiger partial charge in [-0.2, -0.15) is 0 Å². The van der Waals surface area contributed by atoms with Crippen LogP contribution >= 0.6 is 0 Å². The average Bonchev–Trinajstić information content (AvgIpc) is 2.87. The van der Waals surface area contributed by atoms with Gasteiger partial charge in [-0.15, -0.1) is 0 Å². The van der Waals surface area contributed by atoms with Crippen LogP contribution in [0.1, 0.15) is 32.4 Å². The number of non-ortho nitro benzene ring substituents is 1. The van der Waals surface area contributed by atoms with E-state index in [1.807, 2.05) is 13.8 Å². The molecule has 1 aliphatic heterocycles. The summed E-state index contributed by atoms with van der Waals surface area (Å²) in [7, 11) is 0. The first-order valence-corrected chi connectivity index (χ1v) is 8.53. The SMILES string of the molecule is CCN(CC)CCN1C(=O)C(O)=C(C(C)=O)[C@H]1c1ccc([N+](=O)[O-])cc1. The lowest BCUT2D eigenvalue weighted by atomic mass is 9.96. The first kappa shape index (κ1) is 19.6. The number of carbonyl (C=O) groups is 2. The van der Waals surface area contributed by atoms with Gasteiger partial charge >= 0.3 is 0 Å². The van der Waals surface area contributed by atoms with Crippen LogP contribution in [0.15, 0.2) is 35.6 Å². The predicted octanol–water partition coefficient (Wildman–Crippen LogP) is 2.22. The van der Waals surface area contributed by atoms with Crippen molar-refractivity contribution in [2.24, 2.45) is 0 Å². The molecule has 1 N–H and O–H groups in total. The third-order valence-electron chi connectivity index (χ3n) is 4.65. The fourth-order valence-electron chi connectivity index (χ4n) is 3.16. The van der Waals surface area contributed by atoms with Gasteiger partial charge in [-0.1, -0.05) is 13.8 Å². The van der Waals surface area contributed by atoms with Crippen LogP contribution < -0.4 is 0 Å². The van der Waals surface area contributed by atoms with Gasteiger partial charge in [0.25, 0.3) is 11.6 Å². The van der Waals surface area contributed by atoms with E-state index in [0.29, 0.717) is 18.7 Å². The fraction of sp³-hybridized carbons (Fsp3) is 0.444. The van der Waals surface area contributed by atoms with Crippen molar-refractivity contribution in [3.63, 3.8) is 0 Å². The van der Waals surface area contributed by atoms with E-state index in [0.717, 1.165) is 13.1 Å². The molecule has 0 saturated heterocycles. The molecule has 8 heteroatoms. The number of likely N-dealkylation sites (N-methyl/N-ethyl adjacent to an activating group) is 1. The smallest absolute Gasteiger partial charge is 0.290 e. The number of amides is 1. The lowest BCUT2D eigenvalue weighted by Gasteiger charge is -2.29. The molecule has 1 aliphatic rings. The Morgan fingerprint density at radius 2 is 1.85 bits per heavy atom. The minimum absolute atomic E-state index is 0.0309. The van der Waals surface area contributed by atoms with Crippen molar-refractivity contribution in [2.75, 3.05) is 26.2 Å². The largest absolute Gasteiger partial charge is 0.503 e. The third kappa shape index (κ3) is 3.75. The summed E-state index contributed by atoms with van der Waals surface area (Å²) < 4.78 is 0. The molecule has 0 aliphatic carbocycles. The molecular weight excluding hydrogens is 338 g/mol. The standard InChI is InChI=1S/C18H23N3O5/c1-4-19(5-2)10-11-20-16(15(12(3)22)17(23)18(20)24)13-6-8-14(9-7-13)21(25)26/h6-9,16,23H,4-5,10-11H2,1-3H3/t16-/m1/s1. The first-order valence-electron chi connectivity index (χ1n) is 8.53. The van der Waals surface area contributed by atoms with E-state index in [2.05, 4.69) is 4.90 Å². The van der Waals surface area contributed by atoms with Crippen LogP contribution in [0, 0.1) is 10.1 Å². The van der Waals surface area contributed by atoms with E-state index in [-0.39, 0.29) is 11.3 Å². The summed E-state index contributed by atoms with van der Waals surface area (Å²) in [6.45, 7) is 7.90. The molecule has 0 radical (unpaired) electrons. The maximum Gasteiger partial charge on any atom is 0.290 e. The van der Waals surface area contributed by atoms with Crippen LogP contribution in [0.4, 0.5) is 5.69 Å². The summed E-state index contributed by atoms with van der Waals surface area (Å²) in [5.74, 6) is -1.53. The van der Waals surface area contributed by atoms with E-state index in [1.165, 1.54) is 36.1 Å². The summed E-state index contributed by atoms with van der Waals surface area (Å²) in [6, 6.07) is 4.95. The molecule has 1 atom stereocenters. The number of rotatable bonds is 8. The Morgan fingerprint density at radius 3 is 2.31 bits per heavy atom. The molecule has 0 bridgehead atoms. The van der Waals surface area contributed by atoms with Gasteiger partial charge in [0.15, 0.2) is 11.5 Å². The van der Waals surface area contributed by atoms with Crippen LogP contribution in [0.3, 0.4) is 0 Å². The van der Waals surface area contributed by atoms with Crippen LogP contribution in [-0.2, 0) is 9.59 Å². The normalized spacial score (nSPS) is 17.3. The number of benzene rings is 1. The Balaban J connectivity index is 2.38. The Hall–Kier alpha value is -2.74.